The van der Waals surface area contributed by atoms with Crippen molar-refractivity contribution >= 4 is 17.7 Å². The Morgan fingerprint density at radius 1 is 1.15 bits per heavy atom. The average Bonchev–Trinajstić information content (AvgIpc) is 2.38. The van der Waals surface area contributed by atoms with Crippen molar-refractivity contribution in [2.24, 2.45) is 0 Å². The van der Waals surface area contributed by atoms with Crippen LogP contribution in [0.3, 0.4) is 0 Å². The number of carbonyl (C=O) groups excluding carboxylic acids is 1. The van der Waals surface area contributed by atoms with Gasteiger partial charge in [0.2, 0.25) is 0 Å². The van der Waals surface area contributed by atoms with Gasteiger partial charge in [-0.3, -0.25) is 4.79 Å². The molecule has 0 spiro atoms. The summed E-state index contributed by atoms with van der Waals surface area (Å²) in [5.74, 6) is -3.64. The maximum absolute atomic E-state index is 13.5. The molecule has 1 aromatic carbocycles. The summed E-state index contributed by atoms with van der Waals surface area (Å²) in [6.07, 6.45) is 0. The molecule has 2 aromatic rings. The third-order valence-corrected chi connectivity index (χ3v) is 2.43. The molecule has 0 aliphatic heterocycles. The van der Waals surface area contributed by atoms with Crippen molar-refractivity contribution in [1.82, 2.24) is 4.98 Å². The molecule has 0 aliphatic carbocycles. The Hall–Kier alpha value is -2.96. The highest BCUT2D eigenvalue weighted by Gasteiger charge is 2.17. The number of hydrogen-bond donors (Lipinski definition) is 3. The second-order valence-electron chi connectivity index (χ2n) is 3.80. The van der Waals surface area contributed by atoms with Crippen LogP contribution in [0.1, 0.15) is 20.8 Å². The molecule has 3 N–H and O–H groups in total. The van der Waals surface area contributed by atoms with Crippen LogP contribution in [0.15, 0.2) is 36.4 Å². The van der Waals surface area contributed by atoms with E-state index in [0.717, 1.165) is 6.07 Å². The number of carboxylic acids is 1. The number of hydrogen-bond acceptors (Lipinski definition) is 4. The summed E-state index contributed by atoms with van der Waals surface area (Å²) < 4.78 is 13.5. The third kappa shape index (κ3) is 2.72. The van der Waals surface area contributed by atoms with Gasteiger partial charge in [0.05, 0.1) is 0 Å². The van der Waals surface area contributed by atoms with Crippen LogP contribution in [0.5, 0.6) is 5.75 Å². The molecule has 0 atom stereocenters. The van der Waals surface area contributed by atoms with Crippen LogP contribution < -0.4 is 5.32 Å². The number of aromatic hydroxyl groups is 1. The Kier molecular flexibility index (Phi) is 3.60. The number of nitrogens with zero attached hydrogens (tertiary/aromatic N) is 1. The molecule has 1 heterocycles. The van der Waals surface area contributed by atoms with Gasteiger partial charge in [-0.1, -0.05) is 12.1 Å². The van der Waals surface area contributed by atoms with Crippen LogP contribution in [-0.2, 0) is 0 Å². The molecule has 102 valence electrons. The van der Waals surface area contributed by atoms with Crippen LogP contribution in [0.2, 0.25) is 0 Å². The highest BCUT2D eigenvalue weighted by molar-refractivity contribution is 6.06. The highest BCUT2D eigenvalue weighted by atomic mass is 19.1. The molecule has 0 saturated heterocycles. The Bertz CT molecular complexity index is 668. The molecule has 0 bridgehead atoms. The summed E-state index contributed by atoms with van der Waals surface area (Å²) >= 11 is 0. The number of carbonyl (C=O) groups is 2. The number of amides is 1. The quantitative estimate of drug-likeness (QED) is 0.794. The zero-order chi connectivity index (χ0) is 14.7. The molecule has 6 nitrogen and oxygen atoms in total. The molecule has 0 saturated carbocycles. The standard InChI is InChI=1S/C13H9FN2O4/c14-7-3-1-5-9(17)11(7)12(18)16-10-6-2-4-8(15-10)13(19)20/h1-6,17H,(H,19,20)(H,15,16,18). The van der Waals surface area contributed by atoms with E-state index in [4.69, 9.17) is 5.11 Å². The minimum absolute atomic E-state index is 0.0578. The molecular formula is C13H9FN2O4. The van der Waals surface area contributed by atoms with Crippen LogP contribution in [-0.4, -0.2) is 27.1 Å². The smallest absolute Gasteiger partial charge is 0.354 e. The topological polar surface area (TPSA) is 99.5 Å². The second kappa shape index (κ2) is 5.35. The van der Waals surface area contributed by atoms with Gasteiger partial charge in [-0.15, -0.1) is 0 Å². The van der Waals surface area contributed by atoms with Gasteiger partial charge < -0.3 is 15.5 Å². The lowest BCUT2D eigenvalue weighted by Gasteiger charge is -2.07. The molecule has 0 fully saturated rings. The van der Waals surface area contributed by atoms with E-state index in [2.05, 4.69) is 10.3 Å². The first kappa shape index (κ1) is 13.5. The summed E-state index contributed by atoms with van der Waals surface area (Å²) in [5, 5.41) is 20.5. The highest BCUT2D eigenvalue weighted by Crippen LogP contribution is 2.20. The van der Waals surface area contributed by atoms with Gasteiger partial charge in [0.15, 0.2) is 5.69 Å². The molecular weight excluding hydrogens is 267 g/mol. The maximum atomic E-state index is 13.5. The molecule has 1 aromatic heterocycles. The predicted molar refractivity (Wildman–Crippen MR) is 67.2 cm³/mol. The van der Waals surface area contributed by atoms with Crippen molar-refractivity contribution in [1.29, 1.82) is 0 Å². The fourth-order valence-corrected chi connectivity index (χ4v) is 1.54. The van der Waals surface area contributed by atoms with Crippen molar-refractivity contribution in [2.45, 2.75) is 0 Å². The first-order valence-corrected chi connectivity index (χ1v) is 5.48. The number of aromatic carboxylic acids is 1. The Morgan fingerprint density at radius 2 is 1.85 bits per heavy atom. The lowest BCUT2D eigenvalue weighted by molar-refractivity contribution is 0.0690. The summed E-state index contributed by atoms with van der Waals surface area (Å²) in [6, 6.07) is 7.42. The zero-order valence-electron chi connectivity index (χ0n) is 10.0. The Labute approximate surface area is 112 Å². The van der Waals surface area contributed by atoms with Gasteiger partial charge in [0.25, 0.3) is 5.91 Å². The van der Waals surface area contributed by atoms with Crippen molar-refractivity contribution in [3.05, 3.63) is 53.5 Å². The predicted octanol–water partition coefficient (Wildman–Crippen LogP) is 1.88. The number of halogens is 1. The average molecular weight is 276 g/mol. The minimum atomic E-state index is -1.25. The first-order chi connectivity index (χ1) is 9.49. The summed E-state index contributed by atoms with van der Waals surface area (Å²) in [6.45, 7) is 0. The number of carboxylic acid groups (broad SMARTS) is 1. The maximum Gasteiger partial charge on any atom is 0.354 e. The van der Waals surface area contributed by atoms with E-state index in [9.17, 15) is 19.1 Å². The number of anilines is 1. The molecule has 1 amide bonds. The number of aromatic nitrogens is 1. The van der Waals surface area contributed by atoms with Crippen molar-refractivity contribution in [3.8, 4) is 5.75 Å². The van der Waals surface area contributed by atoms with E-state index in [-0.39, 0.29) is 11.5 Å². The fraction of sp³-hybridized carbons (Fsp3) is 0. The van der Waals surface area contributed by atoms with Crippen LogP contribution in [0.25, 0.3) is 0 Å². The summed E-state index contributed by atoms with van der Waals surface area (Å²) in [4.78, 5) is 26.2. The van der Waals surface area contributed by atoms with E-state index < -0.39 is 29.0 Å². The van der Waals surface area contributed by atoms with Crippen molar-refractivity contribution in [3.63, 3.8) is 0 Å². The van der Waals surface area contributed by atoms with Gasteiger partial charge in [-0.25, -0.2) is 14.2 Å². The fourth-order valence-electron chi connectivity index (χ4n) is 1.54. The van der Waals surface area contributed by atoms with E-state index in [1.807, 2.05) is 0 Å². The van der Waals surface area contributed by atoms with Crippen molar-refractivity contribution < 1.29 is 24.2 Å². The van der Waals surface area contributed by atoms with Crippen LogP contribution in [0, 0.1) is 5.82 Å². The summed E-state index contributed by atoms with van der Waals surface area (Å²) in [5.41, 5.74) is -0.796. The van der Waals surface area contributed by atoms with Gasteiger partial charge in [0, 0.05) is 0 Å². The van der Waals surface area contributed by atoms with E-state index in [1.54, 1.807) is 0 Å². The van der Waals surface area contributed by atoms with E-state index in [1.165, 1.54) is 30.3 Å². The van der Waals surface area contributed by atoms with Gasteiger partial charge in [-0.2, -0.15) is 0 Å². The number of nitrogens with one attached hydrogen (secondary N) is 1. The molecule has 0 radical (unpaired) electrons. The normalized spacial score (nSPS) is 10.1. The number of pyridine rings is 1. The molecule has 2 rings (SSSR count). The van der Waals surface area contributed by atoms with Gasteiger partial charge >= 0.3 is 5.97 Å². The lowest BCUT2D eigenvalue weighted by atomic mass is 10.1. The third-order valence-electron chi connectivity index (χ3n) is 2.43. The minimum Gasteiger partial charge on any atom is -0.507 e. The Morgan fingerprint density at radius 3 is 2.50 bits per heavy atom. The van der Waals surface area contributed by atoms with Crippen LogP contribution in [0.4, 0.5) is 10.2 Å². The molecule has 7 heteroatoms. The summed E-state index contributed by atoms with van der Waals surface area (Å²) in [7, 11) is 0. The molecule has 0 unspecified atom stereocenters. The second-order valence-corrected chi connectivity index (χ2v) is 3.80. The largest absolute Gasteiger partial charge is 0.507 e. The zero-order valence-corrected chi connectivity index (χ0v) is 10.0. The van der Waals surface area contributed by atoms with Gasteiger partial charge in [0.1, 0.15) is 22.9 Å². The van der Waals surface area contributed by atoms with E-state index in [0.29, 0.717) is 0 Å². The number of rotatable bonds is 3. The number of phenolic OH excluding ortho intramolecular Hbond substituents is 1. The van der Waals surface area contributed by atoms with Gasteiger partial charge in [-0.05, 0) is 24.3 Å². The van der Waals surface area contributed by atoms with Crippen molar-refractivity contribution in [2.75, 3.05) is 5.32 Å². The number of phenols is 1. The Balaban J connectivity index is 2.28. The molecule has 20 heavy (non-hydrogen) atoms. The monoisotopic (exact) mass is 276 g/mol. The molecule has 0 aliphatic rings. The first-order valence-electron chi connectivity index (χ1n) is 5.48. The van der Waals surface area contributed by atoms with Crippen LogP contribution >= 0.6 is 0 Å². The number of benzene rings is 1. The van der Waals surface area contributed by atoms with E-state index >= 15 is 0 Å². The SMILES string of the molecule is O=C(O)c1cccc(NC(=O)c2c(O)cccc2F)n1. The lowest BCUT2D eigenvalue weighted by Crippen LogP contribution is -2.15.